The van der Waals surface area contributed by atoms with Crippen LogP contribution in [-0.2, 0) is 35.5 Å². The van der Waals surface area contributed by atoms with E-state index in [0.29, 0.717) is 21.2 Å². The van der Waals surface area contributed by atoms with E-state index in [1.54, 1.807) is 30.3 Å². The molecule has 0 amide bonds. The first-order valence-corrected chi connectivity index (χ1v) is 15.1. The first-order chi connectivity index (χ1) is 19.1. The third kappa shape index (κ3) is 7.82. The SMILES string of the molecule is COC(=O)C(CCC=C/C=C/c1ccccc1)(Cc1cccc(NS(=O)(=O)c2ccc(C)cc2)c1I)C(=O)OC. The zero-order chi connectivity index (χ0) is 29.2. The summed E-state index contributed by atoms with van der Waals surface area (Å²) < 4.78 is 39.4. The molecule has 0 aliphatic carbocycles. The van der Waals surface area contributed by atoms with Crippen LogP contribution in [-0.4, -0.2) is 34.6 Å². The van der Waals surface area contributed by atoms with Crippen molar-refractivity contribution in [2.24, 2.45) is 5.41 Å². The molecule has 0 atom stereocenters. The van der Waals surface area contributed by atoms with Crippen LogP contribution in [0.5, 0.6) is 0 Å². The van der Waals surface area contributed by atoms with Crippen LogP contribution in [0.1, 0.15) is 29.5 Å². The number of benzene rings is 3. The Hall–Kier alpha value is -3.44. The molecule has 0 spiro atoms. The average Bonchev–Trinajstić information content (AvgIpc) is 2.96. The topological polar surface area (TPSA) is 98.8 Å². The molecule has 3 aromatic rings. The maximum atomic E-state index is 13.1. The lowest BCUT2D eigenvalue weighted by Crippen LogP contribution is -2.43. The maximum Gasteiger partial charge on any atom is 0.323 e. The number of carbonyl (C=O) groups is 2. The molecule has 0 heterocycles. The van der Waals surface area contributed by atoms with Crippen molar-refractivity contribution in [2.75, 3.05) is 18.9 Å². The molecular formula is C31H32INO6S. The summed E-state index contributed by atoms with van der Waals surface area (Å²) >= 11 is 2.02. The van der Waals surface area contributed by atoms with Gasteiger partial charge in [-0.1, -0.05) is 84.5 Å². The van der Waals surface area contributed by atoms with E-state index < -0.39 is 27.4 Å². The molecule has 0 unspecified atom stereocenters. The number of hydrogen-bond donors (Lipinski definition) is 1. The highest BCUT2D eigenvalue weighted by Gasteiger charge is 2.48. The van der Waals surface area contributed by atoms with Crippen molar-refractivity contribution in [1.82, 2.24) is 0 Å². The predicted octanol–water partition coefficient (Wildman–Crippen LogP) is 6.33. The standard InChI is InChI=1S/C31H32INO6S/c1-23-17-19-26(20-18-23)40(36,37)33-27-16-11-15-25(28(27)32)22-31(29(34)38-2,30(35)39-3)21-10-5-4-7-12-24-13-8-6-9-14-24/h4-9,11-20,33H,10,21-22H2,1-3H3/b5-4?,12-7+. The molecule has 210 valence electrons. The van der Waals surface area contributed by atoms with E-state index in [1.807, 2.05) is 84.2 Å². The minimum absolute atomic E-state index is 0.0294. The zero-order valence-corrected chi connectivity index (χ0v) is 25.6. The summed E-state index contributed by atoms with van der Waals surface area (Å²) in [7, 11) is -1.39. The van der Waals surface area contributed by atoms with Crippen LogP contribution in [0.25, 0.3) is 6.08 Å². The summed E-state index contributed by atoms with van der Waals surface area (Å²) in [5, 5.41) is 0. The summed E-state index contributed by atoms with van der Waals surface area (Å²) in [4.78, 5) is 26.3. The first-order valence-electron chi connectivity index (χ1n) is 12.5. The van der Waals surface area contributed by atoms with E-state index in [0.717, 1.165) is 11.1 Å². The van der Waals surface area contributed by atoms with Crippen molar-refractivity contribution in [3.8, 4) is 0 Å². The van der Waals surface area contributed by atoms with Gasteiger partial charge in [-0.2, -0.15) is 0 Å². The average molecular weight is 674 g/mol. The van der Waals surface area contributed by atoms with Gasteiger partial charge in [-0.25, -0.2) is 8.42 Å². The van der Waals surface area contributed by atoms with Gasteiger partial charge < -0.3 is 9.47 Å². The lowest BCUT2D eigenvalue weighted by Gasteiger charge is -2.28. The number of hydrogen-bond acceptors (Lipinski definition) is 6. The zero-order valence-electron chi connectivity index (χ0n) is 22.6. The molecule has 0 aromatic heterocycles. The smallest absolute Gasteiger partial charge is 0.323 e. The third-order valence-corrected chi connectivity index (χ3v) is 9.03. The van der Waals surface area contributed by atoms with E-state index in [4.69, 9.17) is 9.47 Å². The quantitative estimate of drug-likeness (QED) is 0.105. The number of anilines is 1. The van der Waals surface area contributed by atoms with Crippen LogP contribution in [0.2, 0.25) is 0 Å². The Morgan fingerprint density at radius 1 is 0.900 bits per heavy atom. The Morgan fingerprint density at radius 2 is 1.55 bits per heavy atom. The Labute approximate surface area is 249 Å². The summed E-state index contributed by atoms with van der Waals surface area (Å²) in [6.45, 7) is 1.88. The molecular weight excluding hydrogens is 641 g/mol. The highest BCUT2D eigenvalue weighted by atomic mass is 127. The molecule has 1 N–H and O–H groups in total. The number of halogens is 1. The lowest BCUT2D eigenvalue weighted by molar-refractivity contribution is -0.169. The second kappa shape index (κ2) is 14.3. The number of aryl methyl sites for hydroxylation is 1. The summed E-state index contributed by atoms with van der Waals surface area (Å²) in [6.07, 6.45) is 8.08. The molecule has 0 aliphatic heterocycles. The van der Waals surface area contributed by atoms with Crippen molar-refractivity contribution < 1.29 is 27.5 Å². The molecule has 3 rings (SSSR count). The van der Waals surface area contributed by atoms with Crippen molar-refractivity contribution in [1.29, 1.82) is 0 Å². The maximum absolute atomic E-state index is 13.1. The molecule has 9 heteroatoms. The molecule has 0 bridgehead atoms. The number of rotatable bonds is 12. The van der Waals surface area contributed by atoms with Crippen LogP contribution in [0, 0.1) is 15.9 Å². The van der Waals surface area contributed by atoms with E-state index in [9.17, 15) is 18.0 Å². The number of nitrogens with one attached hydrogen (secondary N) is 1. The first kappa shape index (κ1) is 31.1. The molecule has 3 aromatic carbocycles. The van der Waals surface area contributed by atoms with Gasteiger partial charge >= 0.3 is 11.9 Å². The second-order valence-electron chi connectivity index (χ2n) is 9.18. The van der Waals surface area contributed by atoms with Crippen molar-refractivity contribution in [3.05, 3.63) is 111 Å². The van der Waals surface area contributed by atoms with Crippen molar-refractivity contribution >= 4 is 56.3 Å². The fourth-order valence-corrected chi connectivity index (χ4v) is 6.13. The molecule has 0 saturated heterocycles. The summed E-state index contributed by atoms with van der Waals surface area (Å²) in [5.74, 6) is -1.43. The molecule has 0 aliphatic rings. The number of carbonyl (C=O) groups excluding carboxylic acids is 2. The van der Waals surface area contributed by atoms with Crippen LogP contribution in [0.15, 0.2) is 95.9 Å². The summed E-state index contributed by atoms with van der Waals surface area (Å²) in [5.41, 5.74) is 1.32. The minimum Gasteiger partial charge on any atom is -0.468 e. The molecule has 7 nitrogen and oxygen atoms in total. The van der Waals surface area contributed by atoms with Gasteiger partial charge in [0.1, 0.15) is 0 Å². The highest BCUT2D eigenvalue weighted by molar-refractivity contribution is 14.1. The van der Waals surface area contributed by atoms with Gasteiger partial charge in [0.15, 0.2) is 5.41 Å². The van der Waals surface area contributed by atoms with Gasteiger partial charge in [0.25, 0.3) is 10.0 Å². The van der Waals surface area contributed by atoms with Crippen LogP contribution < -0.4 is 4.72 Å². The van der Waals surface area contributed by atoms with Crippen molar-refractivity contribution in [2.45, 2.75) is 31.1 Å². The molecule has 0 radical (unpaired) electrons. The number of sulfonamides is 1. The monoisotopic (exact) mass is 673 g/mol. The Kier molecular flexibility index (Phi) is 11.1. The number of ether oxygens (including phenoxy) is 2. The van der Waals surface area contributed by atoms with Crippen LogP contribution in [0.4, 0.5) is 5.69 Å². The molecule has 0 fully saturated rings. The van der Waals surface area contributed by atoms with Gasteiger partial charge in [-0.3, -0.25) is 14.3 Å². The van der Waals surface area contributed by atoms with Crippen LogP contribution in [0.3, 0.4) is 0 Å². The minimum atomic E-state index is -3.85. The Bertz CT molecular complexity index is 1470. The highest BCUT2D eigenvalue weighted by Crippen LogP contribution is 2.36. The van der Waals surface area contributed by atoms with E-state index in [2.05, 4.69) is 4.72 Å². The van der Waals surface area contributed by atoms with E-state index in [1.165, 1.54) is 26.4 Å². The van der Waals surface area contributed by atoms with Gasteiger partial charge in [0, 0.05) is 9.99 Å². The van der Waals surface area contributed by atoms with Gasteiger partial charge in [0.2, 0.25) is 0 Å². The fraction of sp³-hybridized carbons (Fsp3) is 0.226. The summed E-state index contributed by atoms with van der Waals surface area (Å²) in [6, 6.07) is 21.4. The molecule has 0 saturated carbocycles. The number of methoxy groups -OCH3 is 2. The normalized spacial score (nSPS) is 12.0. The Balaban J connectivity index is 1.86. The predicted molar refractivity (Wildman–Crippen MR) is 165 cm³/mol. The van der Waals surface area contributed by atoms with Gasteiger partial charge in [-0.05, 0) is 71.7 Å². The van der Waals surface area contributed by atoms with Gasteiger partial charge in [0.05, 0.1) is 24.8 Å². The van der Waals surface area contributed by atoms with E-state index >= 15 is 0 Å². The second-order valence-corrected chi connectivity index (χ2v) is 11.9. The van der Waals surface area contributed by atoms with E-state index in [-0.39, 0.29) is 17.7 Å². The van der Waals surface area contributed by atoms with Crippen LogP contribution >= 0.6 is 22.6 Å². The van der Waals surface area contributed by atoms with Crippen molar-refractivity contribution in [3.63, 3.8) is 0 Å². The third-order valence-electron chi connectivity index (χ3n) is 6.37. The van der Waals surface area contributed by atoms with Gasteiger partial charge in [-0.15, -0.1) is 0 Å². The largest absolute Gasteiger partial charge is 0.468 e. The fourth-order valence-electron chi connectivity index (χ4n) is 4.19. The number of esters is 2. The number of allylic oxidation sites excluding steroid dienone is 3. The molecule has 40 heavy (non-hydrogen) atoms. The Morgan fingerprint density at radius 3 is 2.17 bits per heavy atom. The lowest BCUT2D eigenvalue weighted by atomic mass is 9.77.